The molecule has 0 spiro atoms. The molecule has 0 saturated heterocycles. The van der Waals surface area contributed by atoms with Crippen molar-refractivity contribution in [3.05, 3.63) is 72.2 Å². The zero-order valence-electron chi connectivity index (χ0n) is 13.6. The zero-order chi connectivity index (χ0) is 17.9. The van der Waals surface area contributed by atoms with Crippen LogP contribution in [0, 0.1) is 5.95 Å². The van der Waals surface area contributed by atoms with E-state index in [1.807, 2.05) is 30.3 Å². The Hall–Kier alpha value is -3.55. The largest absolute Gasteiger partial charge is 0.350 e. The molecule has 1 amide bonds. The van der Waals surface area contributed by atoms with Crippen LogP contribution in [0.5, 0.6) is 0 Å². The van der Waals surface area contributed by atoms with E-state index in [1.54, 1.807) is 18.2 Å². The minimum atomic E-state index is -0.691. The van der Waals surface area contributed by atoms with Gasteiger partial charge >= 0.3 is 0 Å². The molecule has 0 saturated carbocycles. The van der Waals surface area contributed by atoms with Gasteiger partial charge in [0.1, 0.15) is 5.65 Å². The molecule has 4 aromatic rings. The van der Waals surface area contributed by atoms with Gasteiger partial charge in [-0.25, -0.2) is 4.98 Å². The van der Waals surface area contributed by atoms with Crippen molar-refractivity contribution in [1.29, 1.82) is 0 Å². The Bertz CT molecular complexity index is 1060. The number of benzene rings is 1. The van der Waals surface area contributed by atoms with Crippen LogP contribution >= 0.6 is 0 Å². The Morgan fingerprint density at radius 2 is 1.92 bits per heavy atom. The van der Waals surface area contributed by atoms with Gasteiger partial charge in [0.25, 0.3) is 11.8 Å². The Kier molecular flexibility index (Phi) is 4.14. The van der Waals surface area contributed by atoms with Crippen LogP contribution in [-0.2, 0) is 6.42 Å². The van der Waals surface area contributed by atoms with Crippen molar-refractivity contribution in [2.45, 2.75) is 6.42 Å². The fourth-order valence-electron chi connectivity index (χ4n) is 2.54. The van der Waals surface area contributed by atoms with E-state index in [0.717, 1.165) is 5.56 Å². The minimum absolute atomic E-state index is 0.236. The first-order valence-electron chi connectivity index (χ1n) is 8.01. The highest BCUT2D eigenvalue weighted by Gasteiger charge is 2.18. The number of imidazole rings is 1. The van der Waals surface area contributed by atoms with Crippen LogP contribution in [0.2, 0.25) is 0 Å². The lowest BCUT2D eigenvalue weighted by atomic mass is 10.2. The molecule has 0 bridgehead atoms. The summed E-state index contributed by atoms with van der Waals surface area (Å²) in [5.74, 6) is -0.403. The van der Waals surface area contributed by atoms with E-state index < -0.39 is 11.9 Å². The molecule has 4 rings (SSSR count). The molecule has 130 valence electrons. The monoisotopic (exact) mass is 351 g/mol. The van der Waals surface area contributed by atoms with Gasteiger partial charge in [0.15, 0.2) is 11.5 Å². The topological polar surface area (TPSA) is 85.3 Å². The fourth-order valence-corrected chi connectivity index (χ4v) is 2.54. The molecule has 1 N–H and O–H groups in total. The van der Waals surface area contributed by atoms with Gasteiger partial charge in [-0.3, -0.25) is 9.20 Å². The maximum atomic E-state index is 14.2. The molecule has 26 heavy (non-hydrogen) atoms. The highest BCUT2D eigenvalue weighted by Crippen LogP contribution is 2.16. The standard InChI is InChI=1S/C18H14FN5O2/c19-16-15(22-14-8-4-5-11-24(14)16)17(25)20-10-9-13-21-18(26-23-13)12-6-2-1-3-7-12/h1-8,11H,9-10H2,(H,20,25). The molecule has 0 unspecified atom stereocenters. The number of pyridine rings is 1. The van der Waals surface area contributed by atoms with E-state index in [2.05, 4.69) is 20.4 Å². The van der Waals surface area contributed by atoms with Gasteiger partial charge in [0.05, 0.1) is 0 Å². The molecule has 7 nitrogen and oxygen atoms in total. The minimum Gasteiger partial charge on any atom is -0.350 e. The van der Waals surface area contributed by atoms with Gasteiger partial charge in [-0.2, -0.15) is 9.37 Å². The van der Waals surface area contributed by atoms with Crippen LogP contribution in [-0.4, -0.2) is 32.0 Å². The van der Waals surface area contributed by atoms with Crippen molar-refractivity contribution in [2.75, 3.05) is 6.54 Å². The Morgan fingerprint density at radius 1 is 1.12 bits per heavy atom. The predicted octanol–water partition coefficient (Wildman–Crippen LogP) is 2.50. The molecule has 0 aliphatic carbocycles. The van der Waals surface area contributed by atoms with Crippen LogP contribution in [0.25, 0.3) is 17.1 Å². The number of nitrogens with one attached hydrogen (secondary N) is 1. The Morgan fingerprint density at radius 3 is 2.73 bits per heavy atom. The number of nitrogens with zero attached hydrogens (tertiary/aromatic N) is 4. The van der Waals surface area contributed by atoms with Crippen molar-refractivity contribution in [3.8, 4) is 11.5 Å². The van der Waals surface area contributed by atoms with Crippen molar-refractivity contribution >= 4 is 11.6 Å². The number of rotatable bonds is 5. The number of hydrogen-bond donors (Lipinski definition) is 1. The van der Waals surface area contributed by atoms with Gasteiger partial charge in [-0.15, -0.1) is 0 Å². The summed E-state index contributed by atoms with van der Waals surface area (Å²) in [6, 6.07) is 14.4. The van der Waals surface area contributed by atoms with Crippen LogP contribution in [0.3, 0.4) is 0 Å². The first-order valence-corrected chi connectivity index (χ1v) is 8.01. The van der Waals surface area contributed by atoms with Crippen LogP contribution in [0.4, 0.5) is 4.39 Å². The van der Waals surface area contributed by atoms with E-state index >= 15 is 0 Å². The van der Waals surface area contributed by atoms with E-state index in [4.69, 9.17) is 4.52 Å². The van der Waals surface area contributed by atoms with E-state index in [9.17, 15) is 9.18 Å². The second-order valence-corrected chi connectivity index (χ2v) is 5.57. The van der Waals surface area contributed by atoms with Crippen LogP contribution in [0.1, 0.15) is 16.3 Å². The third kappa shape index (κ3) is 3.04. The predicted molar refractivity (Wildman–Crippen MR) is 90.9 cm³/mol. The molecule has 0 atom stereocenters. The average molecular weight is 351 g/mol. The molecule has 1 aromatic carbocycles. The van der Waals surface area contributed by atoms with Gasteiger partial charge in [-0.05, 0) is 24.3 Å². The summed E-state index contributed by atoms with van der Waals surface area (Å²) >= 11 is 0. The number of halogens is 1. The maximum Gasteiger partial charge on any atom is 0.274 e. The summed E-state index contributed by atoms with van der Waals surface area (Å²) in [6.07, 6.45) is 1.87. The molecule has 0 radical (unpaired) electrons. The molecule has 0 aliphatic rings. The van der Waals surface area contributed by atoms with E-state index in [1.165, 1.54) is 10.6 Å². The van der Waals surface area contributed by atoms with Crippen LogP contribution in [0.15, 0.2) is 59.3 Å². The third-order valence-corrected chi connectivity index (χ3v) is 3.81. The van der Waals surface area contributed by atoms with Crippen molar-refractivity contribution in [3.63, 3.8) is 0 Å². The number of aromatic nitrogens is 4. The molecular formula is C18H14FN5O2. The van der Waals surface area contributed by atoms with Crippen molar-refractivity contribution in [2.24, 2.45) is 0 Å². The van der Waals surface area contributed by atoms with Gasteiger partial charge < -0.3 is 9.84 Å². The fraction of sp³-hybridized carbons (Fsp3) is 0.111. The van der Waals surface area contributed by atoms with E-state index in [-0.39, 0.29) is 12.2 Å². The van der Waals surface area contributed by atoms with Gasteiger partial charge in [0.2, 0.25) is 5.95 Å². The quantitative estimate of drug-likeness (QED) is 0.597. The summed E-state index contributed by atoms with van der Waals surface area (Å²) in [5, 5.41) is 6.51. The number of hydrogen-bond acceptors (Lipinski definition) is 5. The highest BCUT2D eigenvalue weighted by atomic mass is 19.1. The summed E-state index contributed by atoms with van der Waals surface area (Å²) in [5.41, 5.74) is 0.956. The first-order chi connectivity index (χ1) is 12.7. The number of amides is 1. The summed E-state index contributed by atoms with van der Waals surface area (Å²) in [4.78, 5) is 20.4. The van der Waals surface area contributed by atoms with Gasteiger partial charge in [0, 0.05) is 24.7 Å². The summed E-state index contributed by atoms with van der Waals surface area (Å²) in [6.45, 7) is 0.236. The average Bonchev–Trinajstić information content (AvgIpc) is 3.28. The van der Waals surface area contributed by atoms with E-state index in [0.29, 0.717) is 23.8 Å². The van der Waals surface area contributed by atoms with Crippen molar-refractivity contribution in [1.82, 2.24) is 24.8 Å². The zero-order valence-corrected chi connectivity index (χ0v) is 13.6. The molecule has 8 heteroatoms. The summed E-state index contributed by atoms with van der Waals surface area (Å²) in [7, 11) is 0. The smallest absolute Gasteiger partial charge is 0.274 e. The first kappa shape index (κ1) is 15.9. The lowest BCUT2D eigenvalue weighted by Crippen LogP contribution is -2.27. The number of carbonyl (C=O) groups is 1. The number of fused-ring (bicyclic) bond motifs is 1. The summed E-state index contributed by atoms with van der Waals surface area (Å²) < 4.78 is 20.6. The highest BCUT2D eigenvalue weighted by molar-refractivity contribution is 5.93. The lowest BCUT2D eigenvalue weighted by molar-refractivity contribution is 0.0945. The number of carbonyl (C=O) groups excluding carboxylic acids is 1. The van der Waals surface area contributed by atoms with Crippen LogP contribution < -0.4 is 5.32 Å². The molecule has 0 fully saturated rings. The van der Waals surface area contributed by atoms with Gasteiger partial charge in [-0.1, -0.05) is 29.4 Å². The Labute approximate surface area is 147 Å². The Balaban J connectivity index is 1.39. The molecule has 0 aliphatic heterocycles. The SMILES string of the molecule is O=C(NCCc1noc(-c2ccccc2)n1)c1nc2ccccn2c1F. The third-order valence-electron chi connectivity index (χ3n) is 3.81. The second kappa shape index (κ2) is 6.75. The second-order valence-electron chi connectivity index (χ2n) is 5.57. The van der Waals surface area contributed by atoms with Crippen molar-refractivity contribution < 1.29 is 13.7 Å². The molecular weight excluding hydrogens is 337 g/mol. The molecule has 3 heterocycles. The normalized spacial score (nSPS) is 11.0. The lowest BCUT2D eigenvalue weighted by Gasteiger charge is -2.00. The maximum absolute atomic E-state index is 14.2. The molecule has 3 aromatic heterocycles.